The van der Waals surface area contributed by atoms with Crippen molar-refractivity contribution in [2.24, 2.45) is 0 Å². The number of ether oxygens (including phenoxy) is 2. The molecule has 0 saturated heterocycles. The van der Waals surface area contributed by atoms with E-state index in [0.717, 1.165) is 17.7 Å². The maximum Gasteiger partial charge on any atom is 0.407 e. The number of hydrogen-bond donors (Lipinski definition) is 2. The molecule has 2 heterocycles. The Kier molecular flexibility index (Phi) is 7.56. The molecule has 194 valence electrons. The maximum absolute atomic E-state index is 14.0. The Morgan fingerprint density at radius 2 is 1.72 bits per heavy atom. The van der Waals surface area contributed by atoms with E-state index in [1.54, 1.807) is 58.2 Å². The minimum atomic E-state index is -0.809. The normalized spacial score (nSPS) is 11.9. The number of aryl methyl sites for hydroxylation is 2. The van der Waals surface area contributed by atoms with Crippen LogP contribution in [0.25, 0.3) is 5.65 Å². The zero-order valence-corrected chi connectivity index (χ0v) is 21.6. The second kappa shape index (κ2) is 10.1. The van der Waals surface area contributed by atoms with E-state index in [2.05, 4.69) is 15.6 Å². The number of aromatic nitrogens is 2. The van der Waals surface area contributed by atoms with Crippen molar-refractivity contribution in [1.82, 2.24) is 20.0 Å². The molecule has 0 aliphatic rings. The van der Waals surface area contributed by atoms with Gasteiger partial charge in [-0.15, -0.1) is 0 Å². The van der Waals surface area contributed by atoms with E-state index in [1.165, 1.54) is 6.07 Å². The van der Waals surface area contributed by atoms with Gasteiger partial charge >= 0.3 is 6.09 Å². The Bertz CT molecular complexity index is 1280. The lowest BCUT2D eigenvalue weighted by Gasteiger charge is -2.27. The van der Waals surface area contributed by atoms with E-state index in [1.807, 2.05) is 6.92 Å². The largest absolute Gasteiger partial charge is 0.485 e. The molecule has 36 heavy (non-hydrogen) atoms. The summed E-state index contributed by atoms with van der Waals surface area (Å²) >= 11 is 0. The molecule has 2 amide bonds. The minimum absolute atomic E-state index is 0.130. The van der Waals surface area contributed by atoms with Gasteiger partial charge in [0.15, 0.2) is 11.4 Å². The number of benzene rings is 1. The molecule has 0 radical (unpaired) electrons. The molecule has 0 unspecified atom stereocenters. The first-order chi connectivity index (χ1) is 16.7. The fourth-order valence-corrected chi connectivity index (χ4v) is 3.58. The van der Waals surface area contributed by atoms with E-state index in [4.69, 9.17) is 9.47 Å². The third kappa shape index (κ3) is 6.50. The maximum atomic E-state index is 14.0. The fraction of sp³-hybridized carbons (Fsp3) is 0.423. The number of rotatable bonds is 7. The monoisotopic (exact) mass is 502 g/mol. The van der Waals surface area contributed by atoms with Crippen molar-refractivity contribution in [3.63, 3.8) is 0 Å². The summed E-state index contributed by atoms with van der Waals surface area (Å²) in [4.78, 5) is 29.8. The summed E-state index contributed by atoms with van der Waals surface area (Å²) in [6.07, 6.45) is 1.15. The van der Waals surface area contributed by atoms with Crippen molar-refractivity contribution in [3.05, 3.63) is 64.6 Å². The third-order valence-electron chi connectivity index (χ3n) is 5.17. The van der Waals surface area contributed by atoms with Crippen LogP contribution < -0.4 is 15.4 Å². The van der Waals surface area contributed by atoms with Gasteiger partial charge in [-0.1, -0.05) is 6.07 Å². The van der Waals surface area contributed by atoms with Gasteiger partial charge in [0.05, 0.1) is 16.8 Å². The van der Waals surface area contributed by atoms with Crippen LogP contribution in [0.2, 0.25) is 0 Å². The lowest BCUT2D eigenvalue weighted by atomic mass is 10.1. The number of fused-ring (bicyclic) bond motifs is 1. The predicted molar refractivity (Wildman–Crippen MR) is 131 cm³/mol. The summed E-state index contributed by atoms with van der Waals surface area (Å²) < 4.78 is 40.7. The van der Waals surface area contributed by atoms with E-state index in [-0.39, 0.29) is 30.2 Å². The van der Waals surface area contributed by atoms with E-state index in [9.17, 15) is 18.4 Å². The highest BCUT2D eigenvalue weighted by atomic mass is 19.1. The highest BCUT2D eigenvalue weighted by molar-refractivity contribution is 5.95. The van der Waals surface area contributed by atoms with Gasteiger partial charge in [-0.05, 0) is 72.2 Å². The molecule has 0 atom stereocenters. The average molecular weight is 503 g/mol. The van der Waals surface area contributed by atoms with E-state index < -0.39 is 34.8 Å². The highest BCUT2D eigenvalue weighted by Gasteiger charge is 2.27. The third-order valence-corrected chi connectivity index (χ3v) is 5.17. The van der Waals surface area contributed by atoms with Crippen molar-refractivity contribution >= 4 is 17.6 Å². The number of carbonyl (C=O) groups is 2. The first kappa shape index (κ1) is 26.9. The van der Waals surface area contributed by atoms with Crippen LogP contribution in [0.5, 0.6) is 5.75 Å². The number of hydrogen-bond acceptors (Lipinski definition) is 5. The van der Waals surface area contributed by atoms with Crippen LogP contribution in [0.1, 0.15) is 61.9 Å². The van der Waals surface area contributed by atoms with Crippen molar-refractivity contribution in [3.8, 4) is 5.75 Å². The molecule has 3 aromatic rings. The summed E-state index contributed by atoms with van der Waals surface area (Å²) in [5.74, 6) is -1.54. The van der Waals surface area contributed by atoms with Crippen LogP contribution in [-0.2, 0) is 11.3 Å². The number of amides is 2. The zero-order chi connectivity index (χ0) is 26.8. The summed E-state index contributed by atoms with van der Waals surface area (Å²) in [6.45, 7) is 12.1. The zero-order valence-electron chi connectivity index (χ0n) is 21.6. The van der Waals surface area contributed by atoms with Crippen molar-refractivity contribution in [2.45, 2.75) is 66.2 Å². The van der Waals surface area contributed by atoms with Gasteiger partial charge in [0, 0.05) is 12.7 Å². The first-order valence-electron chi connectivity index (χ1n) is 11.5. The van der Waals surface area contributed by atoms with Gasteiger partial charge in [-0.2, -0.15) is 0 Å². The lowest BCUT2D eigenvalue weighted by Crippen LogP contribution is -2.52. The molecule has 1 aromatic carbocycles. The van der Waals surface area contributed by atoms with Crippen LogP contribution in [0.4, 0.5) is 13.6 Å². The first-order valence-corrected chi connectivity index (χ1v) is 11.5. The topological polar surface area (TPSA) is 94.0 Å². The molecule has 0 bridgehead atoms. The van der Waals surface area contributed by atoms with Gasteiger partial charge in [0.25, 0.3) is 5.91 Å². The second-order valence-corrected chi connectivity index (χ2v) is 10.3. The number of alkyl carbamates (subject to hydrolysis) is 1. The predicted octanol–water partition coefficient (Wildman–Crippen LogP) is 4.84. The van der Waals surface area contributed by atoms with Crippen molar-refractivity contribution in [2.75, 3.05) is 6.54 Å². The highest BCUT2D eigenvalue weighted by Crippen LogP contribution is 2.26. The number of halogens is 2. The number of nitrogens with zero attached hydrogens (tertiary/aromatic N) is 2. The molecule has 0 spiro atoms. The summed E-state index contributed by atoms with van der Waals surface area (Å²) in [6, 6.07) is 5.30. The Morgan fingerprint density at radius 3 is 2.33 bits per heavy atom. The summed E-state index contributed by atoms with van der Waals surface area (Å²) in [5, 5.41) is 5.57. The molecular formula is C26H32F2N4O4. The second-order valence-electron chi connectivity index (χ2n) is 10.3. The lowest BCUT2D eigenvalue weighted by molar-refractivity contribution is 0.0509. The molecule has 2 aromatic heterocycles. The molecule has 10 heteroatoms. The van der Waals surface area contributed by atoms with Gasteiger partial charge in [0.1, 0.15) is 29.5 Å². The summed E-state index contributed by atoms with van der Waals surface area (Å²) in [7, 11) is 0. The number of imidazole rings is 1. The van der Waals surface area contributed by atoms with Crippen LogP contribution in [0.15, 0.2) is 30.5 Å². The Balaban J connectivity index is 1.81. The Labute approximate surface area is 209 Å². The fourth-order valence-electron chi connectivity index (χ4n) is 3.58. The number of carbonyl (C=O) groups excluding carboxylic acids is 2. The van der Waals surface area contributed by atoms with Crippen LogP contribution in [0.3, 0.4) is 0 Å². The van der Waals surface area contributed by atoms with Crippen LogP contribution in [0, 0.1) is 25.5 Å². The Hall–Kier alpha value is -3.69. The van der Waals surface area contributed by atoms with Gasteiger partial charge in [-0.25, -0.2) is 18.6 Å². The van der Waals surface area contributed by atoms with Gasteiger partial charge < -0.3 is 20.1 Å². The minimum Gasteiger partial charge on any atom is -0.485 e. The average Bonchev–Trinajstić information content (AvgIpc) is 3.06. The van der Waals surface area contributed by atoms with Crippen molar-refractivity contribution < 1.29 is 27.8 Å². The SMILES string of the molecule is Cc1cc(OCc2c(F)cccc2F)c2nc(C)c(C(=O)NC(C)(C)CNC(=O)OC(C)(C)C)n2c1. The molecule has 0 fully saturated rings. The smallest absolute Gasteiger partial charge is 0.407 e. The number of nitrogens with one attached hydrogen (secondary N) is 2. The molecule has 3 rings (SSSR count). The molecule has 2 N–H and O–H groups in total. The molecular weight excluding hydrogens is 470 g/mol. The van der Waals surface area contributed by atoms with E-state index in [0.29, 0.717) is 11.3 Å². The van der Waals surface area contributed by atoms with Crippen LogP contribution in [-0.4, -0.2) is 39.1 Å². The molecule has 0 aliphatic carbocycles. The Morgan fingerprint density at radius 1 is 1.08 bits per heavy atom. The van der Waals surface area contributed by atoms with Crippen molar-refractivity contribution in [1.29, 1.82) is 0 Å². The standard InChI is InChI=1S/C26H32F2N4O4/c1-15-11-20(35-13-17-18(27)9-8-10-19(17)28)22-30-16(2)21(32(22)12-15)23(33)31-26(6,7)14-29-24(34)36-25(3,4)5/h8-12H,13-14H2,1-7H3,(H,29,34)(H,31,33). The molecule has 0 aliphatic heterocycles. The van der Waals surface area contributed by atoms with E-state index >= 15 is 0 Å². The van der Waals surface area contributed by atoms with Gasteiger partial charge in [-0.3, -0.25) is 9.20 Å². The molecule has 0 saturated carbocycles. The van der Waals surface area contributed by atoms with Crippen LogP contribution >= 0.6 is 0 Å². The summed E-state index contributed by atoms with van der Waals surface area (Å²) in [5.41, 5.74) is 0.166. The quantitative estimate of drug-likeness (QED) is 0.482. The number of pyridine rings is 1. The van der Waals surface area contributed by atoms with Gasteiger partial charge in [0.2, 0.25) is 0 Å². The molecule has 8 nitrogen and oxygen atoms in total.